The highest BCUT2D eigenvalue weighted by Crippen LogP contribution is 2.34. The maximum Gasteiger partial charge on any atom is 0.162 e. The Bertz CT molecular complexity index is 367. The van der Waals surface area contributed by atoms with Gasteiger partial charge < -0.3 is 20.5 Å². The van der Waals surface area contributed by atoms with Gasteiger partial charge >= 0.3 is 0 Å². The predicted molar refractivity (Wildman–Crippen MR) is 76.6 cm³/mol. The van der Waals surface area contributed by atoms with E-state index in [0.717, 1.165) is 18.7 Å². The summed E-state index contributed by atoms with van der Waals surface area (Å²) in [6.45, 7) is 3.14. The number of nitrogens with two attached hydrogens (primary N) is 1. The first kappa shape index (κ1) is 14.5. The molecule has 0 bridgehead atoms. The lowest BCUT2D eigenvalue weighted by Crippen LogP contribution is -2.05. The van der Waals surface area contributed by atoms with E-state index in [-0.39, 0.29) is 0 Å². The smallest absolute Gasteiger partial charge is 0.162 e. The van der Waals surface area contributed by atoms with Gasteiger partial charge in [0, 0.05) is 18.7 Å². The highest BCUT2D eigenvalue weighted by Gasteiger charge is 2.08. The van der Waals surface area contributed by atoms with Crippen molar-refractivity contribution in [3.63, 3.8) is 0 Å². The number of rotatable bonds is 8. The van der Waals surface area contributed by atoms with Crippen molar-refractivity contribution < 1.29 is 9.47 Å². The van der Waals surface area contributed by atoms with E-state index in [2.05, 4.69) is 12.2 Å². The second-order valence-corrected chi connectivity index (χ2v) is 4.28. The van der Waals surface area contributed by atoms with Crippen LogP contribution in [0.1, 0.15) is 32.6 Å². The molecule has 1 rings (SSSR count). The van der Waals surface area contributed by atoms with Gasteiger partial charge in [-0.3, -0.25) is 0 Å². The van der Waals surface area contributed by atoms with Crippen molar-refractivity contribution in [1.82, 2.24) is 0 Å². The van der Waals surface area contributed by atoms with E-state index in [4.69, 9.17) is 15.2 Å². The summed E-state index contributed by atoms with van der Waals surface area (Å²) in [5.74, 6) is 1.36. The van der Waals surface area contributed by atoms with Crippen molar-refractivity contribution >= 4 is 11.4 Å². The fraction of sp³-hybridized carbons (Fsp3) is 0.571. The van der Waals surface area contributed by atoms with Crippen molar-refractivity contribution in [2.24, 2.45) is 0 Å². The standard InChI is InChI=1S/C14H24N2O2/c1-4-5-6-7-8-16-12-10-14(18-3)13(17-2)9-11(12)15/h9-10,16H,4-8,15H2,1-3H3. The minimum Gasteiger partial charge on any atom is -0.493 e. The molecule has 4 nitrogen and oxygen atoms in total. The van der Waals surface area contributed by atoms with Gasteiger partial charge in [0.2, 0.25) is 0 Å². The summed E-state index contributed by atoms with van der Waals surface area (Å²) in [7, 11) is 3.23. The Morgan fingerprint density at radius 1 is 1.06 bits per heavy atom. The van der Waals surface area contributed by atoms with Crippen molar-refractivity contribution in [3.05, 3.63) is 12.1 Å². The summed E-state index contributed by atoms with van der Waals surface area (Å²) < 4.78 is 10.5. The zero-order chi connectivity index (χ0) is 13.4. The van der Waals surface area contributed by atoms with Gasteiger partial charge in [-0.05, 0) is 6.42 Å². The van der Waals surface area contributed by atoms with E-state index in [0.29, 0.717) is 17.2 Å². The van der Waals surface area contributed by atoms with Gasteiger partial charge in [-0.2, -0.15) is 0 Å². The number of ether oxygens (including phenoxy) is 2. The van der Waals surface area contributed by atoms with Gasteiger partial charge in [0.25, 0.3) is 0 Å². The Kier molecular flexibility index (Phi) is 6.19. The molecule has 0 saturated carbocycles. The van der Waals surface area contributed by atoms with E-state index in [9.17, 15) is 0 Å². The molecule has 0 spiro atoms. The van der Waals surface area contributed by atoms with Crippen LogP contribution in [0.5, 0.6) is 11.5 Å². The number of nitrogens with one attached hydrogen (secondary N) is 1. The van der Waals surface area contributed by atoms with E-state index in [1.54, 1.807) is 20.3 Å². The lowest BCUT2D eigenvalue weighted by molar-refractivity contribution is 0.355. The van der Waals surface area contributed by atoms with Crippen molar-refractivity contribution in [3.8, 4) is 11.5 Å². The third kappa shape index (κ3) is 4.02. The van der Waals surface area contributed by atoms with Crippen LogP contribution in [0.15, 0.2) is 12.1 Å². The minimum atomic E-state index is 0.659. The van der Waals surface area contributed by atoms with E-state index in [1.807, 2.05) is 6.07 Å². The maximum absolute atomic E-state index is 5.96. The highest BCUT2D eigenvalue weighted by molar-refractivity contribution is 5.71. The number of hydrogen-bond donors (Lipinski definition) is 2. The lowest BCUT2D eigenvalue weighted by atomic mass is 10.2. The number of methoxy groups -OCH3 is 2. The Morgan fingerprint density at radius 3 is 2.33 bits per heavy atom. The van der Waals surface area contributed by atoms with Gasteiger partial charge in [0.1, 0.15) is 0 Å². The molecule has 0 aliphatic rings. The third-order valence-electron chi connectivity index (χ3n) is 2.90. The molecular formula is C14H24N2O2. The SMILES string of the molecule is CCCCCCNc1cc(OC)c(OC)cc1N. The fourth-order valence-electron chi connectivity index (χ4n) is 1.82. The van der Waals surface area contributed by atoms with Crippen LogP contribution in [-0.2, 0) is 0 Å². The van der Waals surface area contributed by atoms with E-state index < -0.39 is 0 Å². The predicted octanol–water partition coefficient (Wildman–Crippen LogP) is 3.28. The molecule has 0 amide bonds. The zero-order valence-corrected chi connectivity index (χ0v) is 11.6. The number of anilines is 2. The Hall–Kier alpha value is -1.58. The summed E-state index contributed by atoms with van der Waals surface area (Å²) >= 11 is 0. The van der Waals surface area contributed by atoms with Crippen molar-refractivity contribution in [2.45, 2.75) is 32.6 Å². The summed E-state index contributed by atoms with van der Waals surface area (Å²) in [6, 6.07) is 3.67. The van der Waals surface area contributed by atoms with Crippen LogP contribution >= 0.6 is 0 Å². The number of benzene rings is 1. The van der Waals surface area contributed by atoms with Gasteiger partial charge in [0.15, 0.2) is 11.5 Å². The topological polar surface area (TPSA) is 56.5 Å². The summed E-state index contributed by atoms with van der Waals surface area (Å²) in [4.78, 5) is 0. The third-order valence-corrected chi connectivity index (χ3v) is 2.90. The van der Waals surface area contributed by atoms with Crippen LogP contribution in [0.3, 0.4) is 0 Å². The maximum atomic E-state index is 5.96. The molecular weight excluding hydrogens is 228 g/mol. The highest BCUT2D eigenvalue weighted by atomic mass is 16.5. The van der Waals surface area contributed by atoms with Crippen LogP contribution in [0.4, 0.5) is 11.4 Å². The quantitative estimate of drug-likeness (QED) is 0.550. The molecule has 0 saturated heterocycles. The molecule has 0 aromatic heterocycles. The molecule has 0 fully saturated rings. The van der Waals surface area contributed by atoms with Gasteiger partial charge in [-0.25, -0.2) is 0 Å². The molecule has 102 valence electrons. The van der Waals surface area contributed by atoms with E-state index >= 15 is 0 Å². The molecule has 18 heavy (non-hydrogen) atoms. The summed E-state index contributed by atoms with van der Waals surface area (Å²) in [5.41, 5.74) is 7.55. The average Bonchev–Trinajstić information content (AvgIpc) is 2.39. The first-order valence-corrected chi connectivity index (χ1v) is 6.48. The van der Waals surface area contributed by atoms with Crippen molar-refractivity contribution in [2.75, 3.05) is 31.8 Å². The summed E-state index contributed by atoms with van der Waals surface area (Å²) in [6.07, 6.45) is 4.93. The number of unbranched alkanes of at least 4 members (excludes halogenated alkanes) is 3. The molecule has 1 aromatic carbocycles. The zero-order valence-electron chi connectivity index (χ0n) is 11.6. The molecule has 0 aliphatic carbocycles. The molecule has 0 radical (unpaired) electrons. The van der Waals surface area contributed by atoms with Gasteiger partial charge in [0.05, 0.1) is 25.6 Å². The number of nitrogen functional groups attached to an aromatic ring is 1. The second kappa shape index (κ2) is 7.69. The van der Waals surface area contributed by atoms with Crippen LogP contribution < -0.4 is 20.5 Å². The van der Waals surface area contributed by atoms with Crippen molar-refractivity contribution in [1.29, 1.82) is 0 Å². The van der Waals surface area contributed by atoms with Gasteiger partial charge in [-0.1, -0.05) is 26.2 Å². The summed E-state index contributed by atoms with van der Waals surface area (Å²) in [5, 5.41) is 3.34. The molecule has 1 aromatic rings. The molecule has 4 heteroatoms. The number of hydrogen-bond acceptors (Lipinski definition) is 4. The lowest BCUT2D eigenvalue weighted by Gasteiger charge is -2.14. The Morgan fingerprint density at radius 2 is 1.72 bits per heavy atom. The van der Waals surface area contributed by atoms with Crippen LogP contribution in [0, 0.1) is 0 Å². The Balaban J connectivity index is 2.59. The second-order valence-electron chi connectivity index (χ2n) is 4.28. The monoisotopic (exact) mass is 252 g/mol. The molecule has 0 atom stereocenters. The van der Waals surface area contributed by atoms with Gasteiger partial charge in [-0.15, -0.1) is 0 Å². The first-order valence-electron chi connectivity index (χ1n) is 6.48. The van der Waals surface area contributed by atoms with E-state index in [1.165, 1.54) is 19.3 Å². The van der Waals surface area contributed by atoms with Crippen LogP contribution in [0.2, 0.25) is 0 Å². The molecule has 0 heterocycles. The molecule has 3 N–H and O–H groups in total. The normalized spacial score (nSPS) is 10.2. The molecule has 0 unspecified atom stereocenters. The minimum absolute atomic E-state index is 0.659. The fourth-order valence-corrected chi connectivity index (χ4v) is 1.82. The average molecular weight is 252 g/mol. The van der Waals surface area contributed by atoms with Crippen LogP contribution in [-0.4, -0.2) is 20.8 Å². The van der Waals surface area contributed by atoms with Crippen LogP contribution in [0.25, 0.3) is 0 Å². The molecule has 0 aliphatic heterocycles. The largest absolute Gasteiger partial charge is 0.493 e. The first-order chi connectivity index (χ1) is 8.72. The Labute approximate surface area is 109 Å².